The van der Waals surface area contributed by atoms with E-state index in [0.29, 0.717) is 0 Å². The fourth-order valence-electron chi connectivity index (χ4n) is 3.76. The molecule has 0 bridgehead atoms. The van der Waals surface area contributed by atoms with Crippen molar-refractivity contribution in [2.24, 2.45) is 5.73 Å². The van der Waals surface area contributed by atoms with Crippen LogP contribution in [0, 0.1) is 0 Å². The van der Waals surface area contributed by atoms with Crippen LogP contribution in [0.3, 0.4) is 0 Å². The zero-order valence-corrected chi connectivity index (χ0v) is 14.4. The third kappa shape index (κ3) is 3.27. The van der Waals surface area contributed by atoms with Crippen LogP contribution in [0.15, 0.2) is 22.7 Å². The Morgan fingerprint density at radius 2 is 2.24 bits per heavy atom. The van der Waals surface area contributed by atoms with Crippen LogP contribution in [0.1, 0.15) is 50.6 Å². The highest BCUT2D eigenvalue weighted by Gasteiger charge is 2.40. The summed E-state index contributed by atoms with van der Waals surface area (Å²) in [5, 5.41) is 0. The van der Waals surface area contributed by atoms with Crippen LogP contribution in [0.2, 0.25) is 0 Å². The number of nitrogens with two attached hydrogens (primary N) is 1. The van der Waals surface area contributed by atoms with Gasteiger partial charge in [-0.15, -0.1) is 0 Å². The largest absolute Gasteiger partial charge is 0.487 e. The van der Waals surface area contributed by atoms with Crippen LogP contribution in [0.4, 0.5) is 0 Å². The Kier molecular flexibility index (Phi) is 4.57. The van der Waals surface area contributed by atoms with Gasteiger partial charge in [-0.25, -0.2) is 0 Å². The summed E-state index contributed by atoms with van der Waals surface area (Å²) in [7, 11) is 0. The zero-order valence-electron chi connectivity index (χ0n) is 12.8. The molecule has 2 aliphatic heterocycles. The van der Waals surface area contributed by atoms with Crippen molar-refractivity contribution < 1.29 is 4.74 Å². The number of hydrogen-bond donors (Lipinski definition) is 1. The smallest absolute Gasteiger partial charge is 0.124 e. The minimum atomic E-state index is -0.0528. The number of nitrogens with zero attached hydrogens (tertiary/aromatic N) is 1. The molecule has 0 radical (unpaired) electrons. The summed E-state index contributed by atoms with van der Waals surface area (Å²) in [5.41, 5.74) is 7.54. The van der Waals surface area contributed by atoms with E-state index >= 15 is 0 Å². The van der Waals surface area contributed by atoms with Gasteiger partial charge in [0.25, 0.3) is 0 Å². The summed E-state index contributed by atoms with van der Waals surface area (Å²) < 4.78 is 7.54. The summed E-state index contributed by atoms with van der Waals surface area (Å²) in [4.78, 5) is 2.57. The van der Waals surface area contributed by atoms with Crippen LogP contribution in [0.25, 0.3) is 0 Å². The molecule has 1 saturated heterocycles. The molecule has 2 N–H and O–H groups in total. The Bertz CT molecular complexity index is 508. The number of ether oxygens (including phenoxy) is 1. The van der Waals surface area contributed by atoms with Crippen LogP contribution < -0.4 is 10.5 Å². The number of halogens is 1. The summed E-state index contributed by atoms with van der Waals surface area (Å²) in [6.07, 6.45) is 5.59. The van der Waals surface area contributed by atoms with Crippen molar-refractivity contribution >= 4 is 15.9 Å². The van der Waals surface area contributed by atoms with Gasteiger partial charge in [-0.2, -0.15) is 0 Å². The van der Waals surface area contributed by atoms with Crippen molar-refractivity contribution in [2.45, 2.75) is 50.7 Å². The van der Waals surface area contributed by atoms with E-state index in [2.05, 4.69) is 39.9 Å². The number of fused-ring (bicyclic) bond motifs is 1. The van der Waals surface area contributed by atoms with E-state index in [9.17, 15) is 0 Å². The second-order valence-corrected chi connectivity index (χ2v) is 7.39. The van der Waals surface area contributed by atoms with Gasteiger partial charge >= 0.3 is 0 Å². The Labute approximate surface area is 136 Å². The minimum Gasteiger partial charge on any atom is -0.487 e. The molecule has 1 aromatic carbocycles. The van der Waals surface area contributed by atoms with Crippen LogP contribution in [0.5, 0.6) is 5.75 Å². The van der Waals surface area contributed by atoms with Crippen molar-refractivity contribution in [2.75, 3.05) is 19.6 Å². The maximum Gasteiger partial charge on any atom is 0.124 e. The lowest BCUT2D eigenvalue weighted by atomic mass is 9.82. The van der Waals surface area contributed by atoms with E-state index in [1.807, 2.05) is 6.07 Å². The predicted molar refractivity (Wildman–Crippen MR) is 89.6 cm³/mol. The molecule has 1 spiro atoms. The standard InChI is InChI=1S/C17H25BrN2O/c1-2-8-20-9-3-6-17(7-10-20)12-15(19)14-11-13(18)4-5-16(14)21-17/h4-5,11,15H,2-3,6-10,12,19H2,1H3. The third-order valence-electron chi connectivity index (χ3n) is 4.82. The first-order valence-corrected chi connectivity index (χ1v) is 8.87. The monoisotopic (exact) mass is 352 g/mol. The van der Waals surface area contributed by atoms with E-state index in [0.717, 1.165) is 41.6 Å². The molecular weight excluding hydrogens is 328 g/mol. The van der Waals surface area contributed by atoms with E-state index in [-0.39, 0.29) is 11.6 Å². The van der Waals surface area contributed by atoms with E-state index in [4.69, 9.17) is 10.5 Å². The molecular formula is C17H25BrN2O. The molecule has 4 heteroatoms. The number of likely N-dealkylation sites (tertiary alicyclic amines) is 1. The second-order valence-electron chi connectivity index (χ2n) is 6.47. The predicted octanol–water partition coefficient (Wildman–Crippen LogP) is 3.87. The van der Waals surface area contributed by atoms with E-state index in [1.54, 1.807) is 0 Å². The first-order chi connectivity index (χ1) is 10.1. The fourth-order valence-corrected chi connectivity index (χ4v) is 4.14. The highest BCUT2D eigenvalue weighted by Crippen LogP contribution is 2.44. The summed E-state index contributed by atoms with van der Waals surface area (Å²) in [5.74, 6) is 0.987. The Hall–Kier alpha value is -0.580. The van der Waals surface area contributed by atoms with Crippen molar-refractivity contribution in [3.63, 3.8) is 0 Å². The highest BCUT2D eigenvalue weighted by molar-refractivity contribution is 9.10. The average Bonchev–Trinajstić information content (AvgIpc) is 2.64. The highest BCUT2D eigenvalue weighted by atomic mass is 79.9. The number of rotatable bonds is 2. The molecule has 3 nitrogen and oxygen atoms in total. The van der Waals surface area contributed by atoms with Gasteiger partial charge in [-0.05, 0) is 57.0 Å². The Balaban J connectivity index is 1.79. The van der Waals surface area contributed by atoms with E-state index in [1.165, 1.54) is 25.9 Å². The lowest BCUT2D eigenvalue weighted by molar-refractivity contribution is 0.0218. The fraction of sp³-hybridized carbons (Fsp3) is 0.647. The molecule has 116 valence electrons. The molecule has 2 heterocycles. The van der Waals surface area contributed by atoms with Gasteiger partial charge in [0.1, 0.15) is 11.4 Å². The van der Waals surface area contributed by atoms with Gasteiger partial charge in [-0.1, -0.05) is 22.9 Å². The lowest BCUT2D eigenvalue weighted by Gasteiger charge is -2.41. The molecule has 1 aromatic rings. The number of hydrogen-bond acceptors (Lipinski definition) is 3. The molecule has 2 unspecified atom stereocenters. The van der Waals surface area contributed by atoms with Gasteiger partial charge in [-0.3, -0.25) is 0 Å². The average molecular weight is 353 g/mol. The maximum atomic E-state index is 6.46. The van der Waals surface area contributed by atoms with Crippen molar-refractivity contribution in [3.8, 4) is 5.75 Å². The van der Waals surface area contributed by atoms with Crippen LogP contribution >= 0.6 is 15.9 Å². The normalized spacial score (nSPS) is 29.8. The first-order valence-electron chi connectivity index (χ1n) is 8.08. The Morgan fingerprint density at radius 1 is 1.38 bits per heavy atom. The quantitative estimate of drug-likeness (QED) is 0.877. The van der Waals surface area contributed by atoms with E-state index < -0.39 is 0 Å². The van der Waals surface area contributed by atoms with Gasteiger partial charge in [0.2, 0.25) is 0 Å². The van der Waals surface area contributed by atoms with Gasteiger partial charge in [0.05, 0.1) is 0 Å². The molecule has 2 aliphatic rings. The molecule has 1 fully saturated rings. The van der Waals surface area contributed by atoms with Crippen molar-refractivity contribution in [1.82, 2.24) is 4.90 Å². The van der Waals surface area contributed by atoms with Crippen molar-refractivity contribution in [3.05, 3.63) is 28.2 Å². The van der Waals surface area contributed by atoms with Crippen molar-refractivity contribution in [1.29, 1.82) is 0 Å². The molecule has 3 rings (SSSR count). The molecule has 0 aromatic heterocycles. The van der Waals surface area contributed by atoms with Gasteiger partial charge in [0, 0.05) is 29.0 Å². The minimum absolute atomic E-state index is 0.0528. The SMILES string of the molecule is CCCN1CCCC2(CC1)CC(N)c1cc(Br)ccc1O2. The van der Waals surface area contributed by atoms with Crippen LogP contribution in [-0.4, -0.2) is 30.1 Å². The molecule has 21 heavy (non-hydrogen) atoms. The van der Waals surface area contributed by atoms with Gasteiger partial charge in [0.15, 0.2) is 0 Å². The molecule has 0 aliphatic carbocycles. The summed E-state index contributed by atoms with van der Waals surface area (Å²) in [6.45, 7) is 5.78. The van der Waals surface area contributed by atoms with Crippen LogP contribution in [-0.2, 0) is 0 Å². The lowest BCUT2D eigenvalue weighted by Crippen LogP contribution is -2.43. The molecule has 0 saturated carbocycles. The second kappa shape index (κ2) is 6.27. The Morgan fingerprint density at radius 3 is 3.05 bits per heavy atom. The summed E-state index contributed by atoms with van der Waals surface area (Å²) >= 11 is 3.53. The molecule has 2 atom stereocenters. The zero-order chi connectivity index (χ0) is 14.9. The molecule has 0 amide bonds. The third-order valence-corrected chi connectivity index (χ3v) is 5.31. The first kappa shape index (κ1) is 15.3. The van der Waals surface area contributed by atoms with Gasteiger partial charge < -0.3 is 15.4 Å². The number of benzene rings is 1. The maximum absolute atomic E-state index is 6.46. The topological polar surface area (TPSA) is 38.5 Å². The summed E-state index contributed by atoms with van der Waals surface area (Å²) in [6, 6.07) is 6.30.